The van der Waals surface area contributed by atoms with E-state index in [-0.39, 0.29) is 5.56 Å². The van der Waals surface area contributed by atoms with Gasteiger partial charge >= 0.3 is 5.97 Å². The van der Waals surface area contributed by atoms with Gasteiger partial charge < -0.3 is 5.11 Å². The Hall–Kier alpha value is -1.82. The van der Waals surface area contributed by atoms with Gasteiger partial charge in [-0.15, -0.1) is 0 Å². The van der Waals surface area contributed by atoms with E-state index in [0.717, 1.165) is 0 Å². The lowest BCUT2D eigenvalue weighted by Gasteiger charge is -1.91. The third-order valence-corrected chi connectivity index (χ3v) is 1.24. The van der Waals surface area contributed by atoms with Crippen LogP contribution in [-0.2, 0) is 0 Å². The minimum absolute atomic E-state index is 0.143. The number of carboxylic acid groups (broad SMARTS) is 1. The van der Waals surface area contributed by atoms with Crippen LogP contribution in [0, 0.1) is 11.3 Å². The molecule has 3 heteroatoms. The van der Waals surface area contributed by atoms with Crippen molar-refractivity contribution in [3.8, 4) is 6.07 Å². The molecule has 0 aliphatic carbocycles. The lowest BCUT2D eigenvalue weighted by Crippen LogP contribution is -1.95. The Morgan fingerprint density at radius 2 is 2.27 bits per heavy atom. The number of aromatic carboxylic acids is 1. The molecule has 0 unspecified atom stereocenters. The molecule has 0 bridgehead atoms. The third kappa shape index (κ3) is 1.55. The van der Waals surface area contributed by atoms with Crippen LogP contribution >= 0.6 is 0 Å². The van der Waals surface area contributed by atoms with E-state index in [4.69, 9.17) is 10.4 Å². The van der Waals surface area contributed by atoms with Gasteiger partial charge in [-0.2, -0.15) is 5.26 Å². The largest absolute Gasteiger partial charge is 0.478 e. The van der Waals surface area contributed by atoms with Crippen molar-refractivity contribution in [1.82, 2.24) is 0 Å². The van der Waals surface area contributed by atoms with E-state index in [9.17, 15) is 4.79 Å². The molecule has 1 rings (SSSR count). The highest BCUT2D eigenvalue weighted by Gasteiger charge is 2.01. The number of nitrogens with zero attached hydrogens (tertiary/aromatic N) is 1. The number of hydrogen-bond donors (Lipinski definition) is 1. The highest BCUT2D eigenvalue weighted by Crippen LogP contribution is 2.02. The molecule has 0 amide bonds. The molecule has 1 aromatic carbocycles. The van der Waals surface area contributed by atoms with Gasteiger partial charge in [0.15, 0.2) is 0 Å². The normalized spacial score (nSPS) is 8.64. The minimum Gasteiger partial charge on any atom is -0.478 e. The molecule has 0 spiro atoms. The van der Waals surface area contributed by atoms with E-state index in [0.29, 0.717) is 5.56 Å². The maximum absolute atomic E-state index is 10.4. The van der Waals surface area contributed by atoms with Crippen molar-refractivity contribution in [2.75, 3.05) is 0 Å². The van der Waals surface area contributed by atoms with Crippen molar-refractivity contribution < 1.29 is 9.90 Å². The molecule has 0 aliphatic rings. The van der Waals surface area contributed by atoms with Gasteiger partial charge in [0.05, 0.1) is 17.2 Å². The van der Waals surface area contributed by atoms with Crippen molar-refractivity contribution in [3.63, 3.8) is 0 Å². The molecule has 0 atom stereocenters. The number of hydrogen-bond acceptors (Lipinski definition) is 2. The number of rotatable bonds is 1. The van der Waals surface area contributed by atoms with E-state index in [2.05, 4.69) is 0 Å². The standard InChI is InChI=1S/C8H5NO2/c9-5-6-2-1-3-7(4-6)8(10)11/h1-4H,(H,10,11)/i5+1. The molecule has 0 saturated carbocycles. The van der Waals surface area contributed by atoms with Crippen LogP contribution in [0.3, 0.4) is 0 Å². The first-order chi connectivity index (χ1) is 5.24. The summed E-state index contributed by atoms with van der Waals surface area (Å²) >= 11 is 0. The van der Waals surface area contributed by atoms with Gasteiger partial charge in [0.2, 0.25) is 0 Å². The summed E-state index contributed by atoms with van der Waals surface area (Å²) in [6, 6.07) is 7.75. The van der Waals surface area contributed by atoms with Gasteiger partial charge in [0.25, 0.3) is 0 Å². The summed E-state index contributed by atoms with van der Waals surface area (Å²) in [6.45, 7) is 0. The molecule has 1 aromatic rings. The van der Waals surface area contributed by atoms with Crippen molar-refractivity contribution in [3.05, 3.63) is 35.4 Å². The highest BCUT2D eigenvalue weighted by molar-refractivity contribution is 5.87. The van der Waals surface area contributed by atoms with Crippen LogP contribution in [0.1, 0.15) is 15.9 Å². The van der Waals surface area contributed by atoms with Gasteiger partial charge in [0.1, 0.15) is 0 Å². The Bertz CT molecular complexity index is 325. The van der Waals surface area contributed by atoms with Crippen LogP contribution in [0.15, 0.2) is 24.3 Å². The molecular weight excluding hydrogens is 143 g/mol. The summed E-state index contributed by atoms with van der Waals surface area (Å²) in [5.74, 6) is -1.01. The highest BCUT2D eigenvalue weighted by atomic mass is 16.4. The minimum atomic E-state index is -1.01. The molecule has 0 aliphatic heterocycles. The Labute approximate surface area is 63.5 Å². The van der Waals surface area contributed by atoms with Gasteiger partial charge in [0, 0.05) is 0 Å². The second-order valence-corrected chi connectivity index (χ2v) is 2.00. The average Bonchev–Trinajstić information content (AvgIpc) is 2.05. The first-order valence-corrected chi connectivity index (χ1v) is 2.97. The second-order valence-electron chi connectivity index (χ2n) is 2.00. The molecule has 1 N–H and O–H groups in total. The van der Waals surface area contributed by atoms with E-state index < -0.39 is 5.97 Å². The van der Waals surface area contributed by atoms with Crippen molar-refractivity contribution in [1.29, 1.82) is 5.26 Å². The topological polar surface area (TPSA) is 61.1 Å². The molecule has 0 radical (unpaired) electrons. The van der Waals surface area contributed by atoms with Gasteiger partial charge in [-0.25, -0.2) is 4.79 Å². The summed E-state index contributed by atoms with van der Waals surface area (Å²) in [5, 5.41) is 16.9. The van der Waals surface area contributed by atoms with Crippen LogP contribution in [0.4, 0.5) is 0 Å². The fourth-order valence-corrected chi connectivity index (χ4v) is 0.722. The maximum Gasteiger partial charge on any atom is 0.335 e. The van der Waals surface area contributed by atoms with Crippen molar-refractivity contribution in [2.24, 2.45) is 0 Å². The number of carbonyl (C=O) groups is 1. The van der Waals surface area contributed by atoms with Crippen LogP contribution in [0.25, 0.3) is 0 Å². The Morgan fingerprint density at radius 1 is 1.55 bits per heavy atom. The van der Waals surface area contributed by atoms with E-state index >= 15 is 0 Å². The fourth-order valence-electron chi connectivity index (χ4n) is 0.722. The predicted molar refractivity (Wildman–Crippen MR) is 38.1 cm³/mol. The number of nitriles is 1. The lowest BCUT2D eigenvalue weighted by atomic mass is 10.2. The van der Waals surface area contributed by atoms with Crippen LogP contribution < -0.4 is 0 Å². The van der Waals surface area contributed by atoms with E-state index in [1.807, 2.05) is 6.07 Å². The summed E-state index contributed by atoms with van der Waals surface area (Å²) in [5.41, 5.74) is 0.508. The lowest BCUT2D eigenvalue weighted by molar-refractivity contribution is 0.0697. The fraction of sp³-hybridized carbons (Fsp3) is 0. The summed E-state index contributed by atoms with van der Waals surface area (Å²) < 4.78 is 0. The zero-order valence-electron chi connectivity index (χ0n) is 5.61. The molecule has 0 saturated heterocycles. The Kier molecular flexibility index (Phi) is 1.88. The van der Waals surface area contributed by atoms with Crippen molar-refractivity contribution >= 4 is 5.97 Å². The third-order valence-electron chi connectivity index (χ3n) is 1.24. The molecular formula is C8H5NO2. The van der Waals surface area contributed by atoms with Gasteiger partial charge in [-0.3, -0.25) is 0 Å². The molecule has 0 heterocycles. The summed E-state index contributed by atoms with van der Waals surface area (Å²) in [6.07, 6.45) is 0. The number of carboxylic acids is 1. The molecule has 0 fully saturated rings. The zero-order valence-corrected chi connectivity index (χ0v) is 5.61. The molecule has 11 heavy (non-hydrogen) atoms. The van der Waals surface area contributed by atoms with Crippen LogP contribution in [0.2, 0.25) is 0 Å². The van der Waals surface area contributed by atoms with Crippen LogP contribution in [-0.4, -0.2) is 11.1 Å². The summed E-state index contributed by atoms with van der Waals surface area (Å²) in [7, 11) is 0. The zero-order chi connectivity index (χ0) is 8.27. The molecule has 0 aromatic heterocycles. The molecule has 3 nitrogen and oxygen atoms in total. The summed E-state index contributed by atoms with van der Waals surface area (Å²) in [4.78, 5) is 10.4. The van der Waals surface area contributed by atoms with E-state index in [1.165, 1.54) is 12.1 Å². The van der Waals surface area contributed by atoms with Gasteiger partial charge in [-0.1, -0.05) is 6.07 Å². The first kappa shape index (κ1) is 7.29. The predicted octanol–water partition coefficient (Wildman–Crippen LogP) is 1.26. The average molecular weight is 148 g/mol. The Morgan fingerprint density at radius 3 is 2.82 bits per heavy atom. The quantitative estimate of drug-likeness (QED) is 0.610. The van der Waals surface area contributed by atoms with Gasteiger partial charge in [-0.05, 0) is 18.2 Å². The van der Waals surface area contributed by atoms with Crippen molar-refractivity contribution in [2.45, 2.75) is 0 Å². The second kappa shape index (κ2) is 2.84. The Balaban J connectivity index is 3.13. The smallest absolute Gasteiger partial charge is 0.335 e. The van der Waals surface area contributed by atoms with E-state index in [1.54, 1.807) is 12.1 Å². The maximum atomic E-state index is 10.4. The number of benzene rings is 1. The monoisotopic (exact) mass is 148 g/mol. The SMILES string of the molecule is N#[13C]c1cccc(C(=O)O)c1. The first-order valence-electron chi connectivity index (χ1n) is 2.97. The van der Waals surface area contributed by atoms with Crippen LogP contribution in [0.5, 0.6) is 0 Å². The molecule has 54 valence electrons.